The lowest BCUT2D eigenvalue weighted by Crippen LogP contribution is -2.56. The quantitative estimate of drug-likeness (QED) is 0.858. The van der Waals surface area contributed by atoms with E-state index in [1.165, 1.54) is 5.41 Å². The summed E-state index contributed by atoms with van der Waals surface area (Å²) in [6, 6.07) is 9.52. The van der Waals surface area contributed by atoms with Gasteiger partial charge in [-0.25, -0.2) is 8.42 Å². The predicted molar refractivity (Wildman–Crippen MR) is 78.5 cm³/mol. The van der Waals surface area contributed by atoms with Crippen LogP contribution in [0.2, 0.25) is 0 Å². The highest BCUT2D eigenvalue weighted by molar-refractivity contribution is 7.92. The minimum atomic E-state index is -3.37. The lowest BCUT2D eigenvalue weighted by molar-refractivity contribution is -0.0291. The van der Waals surface area contributed by atoms with E-state index in [0.717, 1.165) is 24.8 Å². The number of sulfonamides is 1. The van der Waals surface area contributed by atoms with Crippen molar-refractivity contribution in [3.05, 3.63) is 41.3 Å². The highest BCUT2D eigenvalue weighted by Gasteiger charge is 2.40. The Hall–Kier alpha value is -1.17. The van der Waals surface area contributed by atoms with Crippen molar-refractivity contribution >= 4 is 16.1 Å². The summed E-state index contributed by atoms with van der Waals surface area (Å²) in [7, 11) is -3.37. The summed E-state index contributed by atoms with van der Waals surface area (Å²) in [4.78, 5) is 0. The lowest BCUT2D eigenvalue weighted by atomic mass is 9.98. The van der Waals surface area contributed by atoms with Gasteiger partial charge in [-0.2, -0.15) is 4.31 Å². The molecule has 0 radical (unpaired) electrons. The molecular weight excluding hydrogens is 274 g/mol. The van der Waals surface area contributed by atoms with Gasteiger partial charge in [0.25, 0.3) is 0 Å². The largest absolute Gasteiger partial charge is 0.378 e. The molecule has 2 atom stereocenters. The molecule has 4 nitrogen and oxygen atoms in total. The van der Waals surface area contributed by atoms with E-state index in [1.54, 1.807) is 10.4 Å². The number of benzene rings is 1. The van der Waals surface area contributed by atoms with Gasteiger partial charge in [0.15, 0.2) is 0 Å². The van der Waals surface area contributed by atoms with Gasteiger partial charge in [0.05, 0.1) is 13.2 Å². The Bertz CT molecular complexity index is 560. The van der Waals surface area contributed by atoms with Gasteiger partial charge in [-0.05, 0) is 24.5 Å². The van der Waals surface area contributed by atoms with Crippen molar-refractivity contribution in [1.82, 2.24) is 4.31 Å². The fraction of sp³-hybridized carbons (Fsp3) is 0.467. The van der Waals surface area contributed by atoms with E-state index in [1.807, 2.05) is 30.3 Å². The van der Waals surface area contributed by atoms with Gasteiger partial charge in [-0.3, -0.25) is 0 Å². The zero-order chi connectivity index (χ0) is 14.0. The molecule has 0 N–H and O–H groups in total. The third kappa shape index (κ3) is 2.80. The molecule has 2 aliphatic heterocycles. The Morgan fingerprint density at radius 3 is 2.40 bits per heavy atom. The summed E-state index contributed by atoms with van der Waals surface area (Å²) in [6.45, 7) is 1.05. The Morgan fingerprint density at radius 2 is 1.75 bits per heavy atom. The molecule has 0 spiro atoms. The van der Waals surface area contributed by atoms with E-state index < -0.39 is 10.0 Å². The smallest absolute Gasteiger partial charge is 0.236 e. The number of fused-ring (bicyclic) bond motifs is 2. The first kappa shape index (κ1) is 13.8. The highest BCUT2D eigenvalue weighted by atomic mass is 32.2. The van der Waals surface area contributed by atoms with Crippen LogP contribution in [0.25, 0.3) is 6.08 Å². The third-order valence-corrected chi connectivity index (χ3v) is 5.60. The van der Waals surface area contributed by atoms with Crippen LogP contribution in [0.15, 0.2) is 35.7 Å². The number of ether oxygens (including phenoxy) is 1. The van der Waals surface area contributed by atoms with E-state index in [4.69, 9.17) is 4.74 Å². The van der Waals surface area contributed by atoms with E-state index in [9.17, 15) is 8.42 Å². The van der Waals surface area contributed by atoms with Crippen molar-refractivity contribution < 1.29 is 13.2 Å². The van der Waals surface area contributed by atoms with Crippen LogP contribution in [0.3, 0.4) is 0 Å². The Morgan fingerprint density at radius 1 is 1.10 bits per heavy atom. The first-order valence-corrected chi connectivity index (χ1v) is 8.51. The molecule has 2 aliphatic rings. The molecule has 0 unspecified atom stereocenters. The van der Waals surface area contributed by atoms with Crippen molar-refractivity contribution in [1.29, 1.82) is 0 Å². The summed E-state index contributed by atoms with van der Waals surface area (Å²) in [5.74, 6) is 0. The predicted octanol–water partition coefficient (Wildman–Crippen LogP) is 2.24. The van der Waals surface area contributed by atoms with Crippen LogP contribution in [-0.2, 0) is 14.8 Å². The Balaban J connectivity index is 1.83. The number of nitrogens with zero attached hydrogens (tertiary/aromatic N) is 1. The zero-order valence-corrected chi connectivity index (χ0v) is 12.1. The molecule has 0 saturated carbocycles. The summed E-state index contributed by atoms with van der Waals surface area (Å²) >= 11 is 0. The van der Waals surface area contributed by atoms with E-state index in [2.05, 4.69) is 0 Å². The maximum Gasteiger partial charge on any atom is 0.236 e. The molecule has 5 heteroatoms. The van der Waals surface area contributed by atoms with Crippen molar-refractivity contribution in [3.63, 3.8) is 0 Å². The molecule has 2 fully saturated rings. The number of hydrogen-bond acceptors (Lipinski definition) is 3. The summed E-state index contributed by atoms with van der Waals surface area (Å²) in [5, 5.41) is 1.33. The second kappa shape index (κ2) is 5.68. The van der Waals surface area contributed by atoms with Gasteiger partial charge in [-0.15, -0.1) is 0 Å². The standard InChI is InChI=1S/C15H19NO3S/c17-20(18,10-9-13-5-2-1-3-6-13)16-14-7-4-8-15(16)12-19-11-14/h1-3,5-6,9-10,14-15H,4,7-8,11-12H2/b10-9+/t14-,15-/m1/s1. The maximum atomic E-state index is 12.6. The van der Waals surface area contributed by atoms with Gasteiger partial charge in [0.2, 0.25) is 10.0 Å². The molecule has 1 aromatic rings. The minimum Gasteiger partial charge on any atom is -0.378 e. The van der Waals surface area contributed by atoms with Crippen LogP contribution in [0.5, 0.6) is 0 Å². The minimum absolute atomic E-state index is 0.00734. The molecule has 0 amide bonds. The first-order chi connectivity index (χ1) is 9.67. The number of piperidine rings is 1. The summed E-state index contributed by atoms with van der Waals surface area (Å²) in [6.07, 6.45) is 4.55. The van der Waals surface area contributed by atoms with E-state index >= 15 is 0 Å². The fourth-order valence-corrected chi connectivity index (χ4v) is 4.64. The maximum absolute atomic E-state index is 12.6. The molecular formula is C15H19NO3S. The molecule has 108 valence electrons. The van der Waals surface area contributed by atoms with Gasteiger partial charge < -0.3 is 4.74 Å². The molecule has 1 aromatic carbocycles. The van der Waals surface area contributed by atoms with Crippen LogP contribution in [0.4, 0.5) is 0 Å². The van der Waals surface area contributed by atoms with Crippen LogP contribution >= 0.6 is 0 Å². The summed E-state index contributed by atoms with van der Waals surface area (Å²) < 4.78 is 32.3. The number of hydrogen-bond donors (Lipinski definition) is 0. The van der Waals surface area contributed by atoms with Crippen LogP contribution in [0, 0.1) is 0 Å². The molecule has 2 saturated heterocycles. The van der Waals surface area contributed by atoms with Gasteiger partial charge >= 0.3 is 0 Å². The second-order valence-electron chi connectivity index (χ2n) is 5.36. The lowest BCUT2D eigenvalue weighted by Gasteiger charge is -2.43. The average Bonchev–Trinajstić information content (AvgIpc) is 2.45. The van der Waals surface area contributed by atoms with Crippen LogP contribution in [0.1, 0.15) is 24.8 Å². The molecule has 0 aromatic heterocycles. The molecule has 2 heterocycles. The van der Waals surface area contributed by atoms with Gasteiger partial charge in [0.1, 0.15) is 0 Å². The number of morpholine rings is 1. The monoisotopic (exact) mass is 293 g/mol. The Kier molecular flexibility index (Phi) is 3.92. The van der Waals surface area contributed by atoms with E-state index in [-0.39, 0.29) is 12.1 Å². The highest BCUT2D eigenvalue weighted by Crippen LogP contribution is 2.30. The molecule has 2 bridgehead atoms. The normalized spacial score (nSPS) is 27.8. The van der Waals surface area contributed by atoms with Gasteiger partial charge in [0, 0.05) is 17.5 Å². The van der Waals surface area contributed by atoms with E-state index in [0.29, 0.717) is 13.2 Å². The molecule has 0 aliphatic carbocycles. The first-order valence-electron chi connectivity index (χ1n) is 7.01. The van der Waals surface area contributed by atoms with Crippen molar-refractivity contribution in [3.8, 4) is 0 Å². The van der Waals surface area contributed by atoms with Crippen molar-refractivity contribution in [2.45, 2.75) is 31.3 Å². The van der Waals surface area contributed by atoms with Crippen LogP contribution in [-0.4, -0.2) is 38.0 Å². The fourth-order valence-electron chi connectivity index (χ4n) is 3.01. The van der Waals surface area contributed by atoms with Crippen LogP contribution < -0.4 is 0 Å². The average molecular weight is 293 g/mol. The van der Waals surface area contributed by atoms with Crippen molar-refractivity contribution in [2.24, 2.45) is 0 Å². The molecule has 3 rings (SSSR count). The topological polar surface area (TPSA) is 46.6 Å². The van der Waals surface area contributed by atoms with Crippen molar-refractivity contribution in [2.75, 3.05) is 13.2 Å². The Labute approximate surface area is 120 Å². The molecule has 20 heavy (non-hydrogen) atoms. The SMILES string of the molecule is O=S(=O)(/C=C/c1ccccc1)N1[C@@H]2CCC[C@@H]1COC2. The summed E-state index contributed by atoms with van der Waals surface area (Å²) in [5.41, 5.74) is 0.898. The third-order valence-electron chi connectivity index (χ3n) is 3.94. The zero-order valence-electron chi connectivity index (χ0n) is 11.3. The second-order valence-corrected chi connectivity index (χ2v) is 7.09. The van der Waals surface area contributed by atoms with Gasteiger partial charge in [-0.1, -0.05) is 36.8 Å². The number of rotatable bonds is 3.